The number of hydrogen-bond donors (Lipinski definition) is 1. The second kappa shape index (κ2) is 8.54. The number of H-pyrrole nitrogens is 1. The Kier molecular flexibility index (Phi) is 5.91. The Morgan fingerprint density at radius 3 is 2.67 bits per heavy atom. The minimum Gasteiger partial charge on any atom is -0.493 e. The molecule has 140 valence electrons. The molecule has 1 aromatic heterocycles. The summed E-state index contributed by atoms with van der Waals surface area (Å²) in [6, 6.07) is 13.2. The summed E-state index contributed by atoms with van der Waals surface area (Å²) in [6.45, 7) is 3.98. The van der Waals surface area contributed by atoms with Gasteiger partial charge in [0.05, 0.1) is 6.61 Å². The van der Waals surface area contributed by atoms with Crippen molar-refractivity contribution in [1.82, 2.24) is 4.98 Å². The van der Waals surface area contributed by atoms with E-state index in [4.69, 9.17) is 9.47 Å². The number of aromatic nitrogens is 1. The van der Waals surface area contributed by atoms with Crippen molar-refractivity contribution in [3.63, 3.8) is 0 Å². The molecule has 5 heteroatoms. The summed E-state index contributed by atoms with van der Waals surface area (Å²) in [5.74, 6) is 0.313. The van der Waals surface area contributed by atoms with Crippen LogP contribution in [-0.2, 0) is 22.6 Å². The summed E-state index contributed by atoms with van der Waals surface area (Å²) in [6.07, 6.45) is 2.83. The van der Waals surface area contributed by atoms with E-state index in [1.807, 2.05) is 37.4 Å². The molecular weight excluding hydrogens is 342 g/mol. The van der Waals surface area contributed by atoms with Crippen molar-refractivity contribution in [2.75, 3.05) is 6.61 Å². The van der Waals surface area contributed by atoms with Gasteiger partial charge in [-0.2, -0.15) is 0 Å². The Morgan fingerprint density at radius 2 is 1.89 bits per heavy atom. The average Bonchev–Trinajstić information content (AvgIpc) is 3.08. The molecule has 0 unspecified atom stereocenters. The number of aryl methyl sites for hydroxylation is 1. The molecule has 0 aliphatic rings. The first-order valence-electron chi connectivity index (χ1n) is 9.05. The van der Waals surface area contributed by atoms with Gasteiger partial charge in [-0.25, -0.2) is 0 Å². The van der Waals surface area contributed by atoms with Crippen LogP contribution >= 0.6 is 0 Å². The van der Waals surface area contributed by atoms with Gasteiger partial charge in [0, 0.05) is 34.6 Å². The number of carbonyl (C=O) groups is 2. The van der Waals surface area contributed by atoms with Crippen LogP contribution in [0.3, 0.4) is 0 Å². The van der Waals surface area contributed by atoms with Crippen LogP contribution < -0.4 is 4.74 Å². The molecule has 0 bridgehead atoms. The van der Waals surface area contributed by atoms with Gasteiger partial charge >= 0.3 is 5.97 Å². The van der Waals surface area contributed by atoms with Crippen molar-refractivity contribution in [3.8, 4) is 5.75 Å². The van der Waals surface area contributed by atoms with E-state index in [0.717, 1.165) is 16.5 Å². The largest absolute Gasteiger partial charge is 0.493 e. The van der Waals surface area contributed by atoms with E-state index < -0.39 is 0 Å². The number of esters is 1. The fraction of sp³-hybridized carbons (Fsp3) is 0.273. The van der Waals surface area contributed by atoms with E-state index in [9.17, 15) is 9.59 Å². The Hall–Kier alpha value is -3.08. The smallest absolute Gasteiger partial charge is 0.306 e. The summed E-state index contributed by atoms with van der Waals surface area (Å²) in [4.78, 5) is 27.0. The molecule has 1 N–H and O–H groups in total. The third-order valence-corrected chi connectivity index (χ3v) is 4.43. The number of carbonyl (C=O) groups excluding carboxylic acids is 2. The highest BCUT2D eigenvalue weighted by atomic mass is 16.5. The second-order valence-corrected chi connectivity index (χ2v) is 6.33. The van der Waals surface area contributed by atoms with Crippen LogP contribution in [0.5, 0.6) is 5.75 Å². The molecule has 3 rings (SSSR count). The maximum atomic E-state index is 12.2. The van der Waals surface area contributed by atoms with Crippen molar-refractivity contribution in [2.45, 2.75) is 33.3 Å². The van der Waals surface area contributed by atoms with Gasteiger partial charge in [0.25, 0.3) is 0 Å². The minimum absolute atomic E-state index is 0.0371. The number of Topliss-reactive ketones (excluding diaryl/α,β-unsaturated/α-hetero) is 1. The molecule has 0 aliphatic heterocycles. The number of nitrogens with one attached hydrogen (secondary N) is 1. The third kappa shape index (κ3) is 4.56. The summed E-state index contributed by atoms with van der Waals surface area (Å²) >= 11 is 0. The predicted octanol–water partition coefficient (Wildman–Crippen LogP) is 4.45. The maximum Gasteiger partial charge on any atom is 0.306 e. The van der Waals surface area contributed by atoms with E-state index in [1.54, 1.807) is 18.2 Å². The molecule has 1 heterocycles. The number of ketones is 1. The van der Waals surface area contributed by atoms with Crippen LogP contribution in [0.25, 0.3) is 10.9 Å². The van der Waals surface area contributed by atoms with Crippen LogP contribution in [0.15, 0.2) is 48.7 Å². The number of benzene rings is 2. The lowest BCUT2D eigenvalue weighted by atomic mass is 10.1. The number of fused-ring (bicyclic) bond motifs is 1. The van der Waals surface area contributed by atoms with Gasteiger partial charge in [0.15, 0.2) is 5.78 Å². The minimum atomic E-state index is -0.282. The lowest BCUT2D eigenvalue weighted by molar-refractivity contribution is -0.144. The van der Waals surface area contributed by atoms with Crippen LogP contribution in [0.1, 0.15) is 41.8 Å². The summed E-state index contributed by atoms with van der Waals surface area (Å²) in [7, 11) is 0. The molecule has 27 heavy (non-hydrogen) atoms. The number of aromatic amines is 1. The Labute approximate surface area is 158 Å². The summed E-state index contributed by atoms with van der Waals surface area (Å²) in [5.41, 5.74) is 3.42. The summed E-state index contributed by atoms with van der Waals surface area (Å²) < 4.78 is 11.0. The number of para-hydroxylation sites is 1. The van der Waals surface area contributed by atoms with E-state index in [-0.39, 0.29) is 24.8 Å². The number of hydrogen-bond acceptors (Lipinski definition) is 4. The number of ether oxygens (including phenoxy) is 2. The molecular formula is C22H23NO4. The first kappa shape index (κ1) is 18.7. The highest BCUT2D eigenvalue weighted by Gasteiger charge is 2.12. The van der Waals surface area contributed by atoms with E-state index in [0.29, 0.717) is 29.9 Å². The van der Waals surface area contributed by atoms with Gasteiger partial charge in [-0.15, -0.1) is 0 Å². The van der Waals surface area contributed by atoms with Crippen molar-refractivity contribution < 1.29 is 19.1 Å². The lowest BCUT2D eigenvalue weighted by Gasteiger charge is -2.12. The summed E-state index contributed by atoms with van der Waals surface area (Å²) in [5, 5.41) is 1.12. The van der Waals surface area contributed by atoms with Crippen LogP contribution in [0, 0.1) is 0 Å². The Morgan fingerprint density at radius 1 is 1.07 bits per heavy atom. The van der Waals surface area contributed by atoms with Crippen molar-refractivity contribution in [3.05, 3.63) is 65.4 Å². The average molecular weight is 365 g/mol. The van der Waals surface area contributed by atoms with Crippen LogP contribution in [0.4, 0.5) is 0 Å². The van der Waals surface area contributed by atoms with Crippen molar-refractivity contribution in [2.24, 2.45) is 0 Å². The molecule has 0 fully saturated rings. The van der Waals surface area contributed by atoms with Crippen LogP contribution in [0.2, 0.25) is 0 Å². The molecule has 0 atom stereocenters. The molecule has 0 saturated carbocycles. The highest BCUT2D eigenvalue weighted by Crippen LogP contribution is 2.23. The molecule has 0 radical (unpaired) electrons. The molecule has 0 amide bonds. The fourth-order valence-corrected chi connectivity index (χ4v) is 3.01. The monoisotopic (exact) mass is 365 g/mol. The van der Waals surface area contributed by atoms with Crippen molar-refractivity contribution in [1.29, 1.82) is 0 Å². The highest BCUT2D eigenvalue weighted by molar-refractivity contribution is 5.94. The SMILES string of the molecule is CCOc1ccc(C(C)=O)cc1COC(=O)CCc1c[nH]c2ccccc12. The first-order chi connectivity index (χ1) is 13.1. The zero-order chi connectivity index (χ0) is 19.2. The zero-order valence-electron chi connectivity index (χ0n) is 15.6. The Balaban J connectivity index is 1.61. The van der Waals surface area contributed by atoms with E-state index >= 15 is 0 Å². The van der Waals surface area contributed by atoms with Gasteiger partial charge in [-0.3, -0.25) is 9.59 Å². The molecule has 0 spiro atoms. The molecule has 3 aromatic rings. The fourth-order valence-electron chi connectivity index (χ4n) is 3.01. The quantitative estimate of drug-likeness (QED) is 0.473. The second-order valence-electron chi connectivity index (χ2n) is 6.33. The van der Waals surface area contributed by atoms with Crippen molar-refractivity contribution >= 4 is 22.7 Å². The van der Waals surface area contributed by atoms with E-state index in [2.05, 4.69) is 4.98 Å². The molecule has 5 nitrogen and oxygen atoms in total. The Bertz CT molecular complexity index is 958. The van der Waals surface area contributed by atoms with Gasteiger partial charge in [-0.1, -0.05) is 18.2 Å². The number of rotatable bonds is 8. The topological polar surface area (TPSA) is 68.4 Å². The van der Waals surface area contributed by atoms with Gasteiger partial charge in [-0.05, 0) is 50.1 Å². The third-order valence-electron chi connectivity index (χ3n) is 4.43. The first-order valence-corrected chi connectivity index (χ1v) is 9.05. The predicted molar refractivity (Wildman–Crippen MR) is 104 cm³/mol. The standard InChI is InChI=1S/C22H23NO4/c1-3-26-21-10-8-16(15(2)24)12-18(21)14-27-22(25)11-9-17-13-23-20-7-5-4-6-19(17)20/h4-8,10,12-13,23H,3,9,11,14H2,1-2H3. The molecule has 0 aliphatic carbocycles. The van der Waals surface area contributed by atoms with E-state index in [1.165, 1.54) is 6.92 Å². The van der Waals surface area contributed by atoms with Crippen LogP contribution in [-0.4, -0.2) is 23.3 Å². The van der Waals surface area contributed by atoms with Gasteiger partial charge in [0.1, 0.15) is 12.4 Å². The molecule has 0 saturated heterocycles. The molecule has 2 aromatic carbocycles. The maximum absolute atomic E-state index is 12.2. The van der Waals surface area contributed by atoms with Gasteiger partial charge in [0.2, 0.25) is 0 Å². The lowest BCUT2D eigenvalue weighted by Crippen LogP contribution is -2.08. The normalized spacial score (nSPS) is 10.7. The zero-order valence-corrected chi connectivity index (χ0v) is 15.6. The van der Waals surface area contributed by atoms with Gasteiger partial charge < -0.3 is 14.5 Å².